The first-order valence-electron chi connectivity index (χ1n) is 6.90. The minimum absolute atomic E-state index is 0.278. The lowest BCUT2D eigenvalue weighted by Gasteiger charge is -2.29. The molecule has 0 N–H and O–H groups in total. The molecule has 2 rings (SSSR count). The second kappa shape index (κ2) is 5.96. The van der Waals surface area contributed by atoms with Crippen LogP contribution >= 0.6 is 0 Å². The highest BCUT2D eigenvalue weighted by Crippen LogP contribution is 2.24. The molecule has 5 heteroatoms. The van der Waals surface area contributed by atoms with Crippen LogP contribution in [0.5, 0.6) is 0 Å². The van der Waals surface area contributed by atoms with Gasteiger partial charge in [0.05, 0.1) is 0 Å². The first-order valence-corrected chi connectivity index (χ1v) is 6.90. The van der Waals surface area contributed by atoms with E-state index in [0.29, 0.717) is 18.9 Å². The largest absolute Gasteiger partial charge is 0.444 e. The molecule has 0 atom stereocenters. The van der Waals surface area contributed by atoms with Gasteiger partial charge in [0.25, 0.3) is 5.82 Å². The molecule has 1 amide bonds. The minimum Gasteiger partial charge on any atom is -0.444 e. The predicted octanol–water partition coefficient (Wildman–Crippen LogP) is 3.66. The molecule has 21 heavy (non-hydrogen) atoms. The van der Waals surface area contributed by atoms with Crippen molar-refractivity contribution in [2.75, 3.05) is 13.1 Å². The highest BCUT2D eigenvalue weighted by atomic mass is 16.6. The van der Waals surface area contributed by atoms with Gasteiger partial charge >= 0.3 is 6.09 Å². The predicted molar refractivity (Wildman–Crippen MR) is 80.9 cm³/mol. The Hall–Kier alpha value is -2.35. The van der Waals surface area contributed by atoms with Crippen molar-refractivity contribution in [2.24, 2.45) is 0 Å². The molecule has 0 spiro atoms. The van der Waals surface area contributed by atoms with Gasteiger partial charge in [-0.15, -0.1) is 4.98 Å². The standard InChI is InChI=1S/C16H19N3O2/c1-16(2,3)21-15(20)19-9-7-12(8-10-19)13-5-6-14(17-4)18-11-13/h5-7,11H,8-10H2,1-3H3. The number of hydrogen-bond acceptors (Lipinski definition) is 3. The van der Waals surface area contributed by atoms with Crippen LogP contribution in [-0.2, 0) is 4.74 Å². The van der Waals surface area contributed by atoms with Crippen molar-refractivity contribution in [1.29, 1.82) is 0 Å². The number of carbonyl (C=O) groups excluding carboxylic acids is 1. The SMILES string of the molecule is [C-]#[N+]c1ccc(C2=CCN(C(=O)OC(C)(C)C)CC2)cn1. The summed E-state index contributed by atoms with van der Waals surface area (Å²) in [5.74, 6) is 0.394. The molecule has 1 aromatic heterocycles. The molecule has 0 saturated carbocycles. The van der Waals surface area contributed by atoms with Crippen LogP contribution in [0.1, 0.15) is 32.8 Å². The maximum atomic E-state index is 12.0. The van der Waals surface area contributed by atoms with Crippen molar-refractivity contribution in [3.63, 3.8) is 0 Å². The quantitative estimate of drug-likeness (QED) is 0.740. The van der Waals surface area contributed by atoms with Crippen molar-refractivity contribution in [1.82, 2.24) is 9.88 Å². The first-order chi connectivity index (χ1) is 9.89. The zero-order valence-corrected chi connectivity index (χ0v) is 12.6. The number of carbonyl (C=O) groups is 1. The van der Waals surface area contributed by atoms with E-state index in [0.717, 1.165) is 17.6 Å². The van der Waals surface area contributed by atoms with E-state index >= 15 is 0 Å². The van der Waals surface area contributed by atoms with E-state index in [1.165, 1.54) is 0 Å². The van der Waals surface area contributed by atoms with Crippen LogP contribution in [0.25, 0.3) is 10.4 Å². The summed E-state index contributed by atoms with van der Waals surface area (Å²) in [5.41, 5.74) is 1.69. The number of amides is 1. The molecule has 1 aliphatic heterocycles. The zero-order valence-electron chi connectivity index (χ0n) is 12.6. The van der Waals surface area contributed by atoms with Gasteiger partial charge in [-0.3, -0.25) is 0 Å². The minimum atomic E-state index is -0.472. The number of nitrogens with zero attached hydrogens (tertiary/aromatic N) is 3. The van der Waals surface area contributed by atoms with Crippen molar-refractivity contribution in [3.8, 4) is 0 Å². The molecule has 110 valence electrons. The van der Waals surface area contributed by atoms with Gasteiger partial charge < -0.3 is 14.5 Å². The molecule has 0 aromatic carbocycles. The van der Waals surface area contributed by atoms with E-state index in [2.05, 4.69) is 9.83 Å². The van der Waals surface area contributed by atoms with Crippen LogP contribution < -0.4 is 0 Å². The fourth-order valence-electron chi connectivity index (χ4n) is 2.07. The Kier molecular flexibility index (Phi) is 4.27. The lowest BCUT2D eigenvalue weighted by Crippen LogP contribution is -2.39. The molecule has 0 radical (unpaired) electrons. The molecule has 2 heterocycles. The van der Waals surface area contributed by atoms with E-state index in [1.54, 1.807) is 17.2 Å². The Morgan fingerprint density at radius 3 is 2.67 bits per heavy atom. The Balaban J connectivity index is 2.01. The number of aromatic nitrogens is 1. The summed E-state index contributed by atoms with van der Waals surface area (Å²) in [6.07, 6.45) is 4.21. The average Bonchev–Trinajstić information content (AvgIpc) is 2.46. The van der Waals surface area contributed by atoms with Crippen molar-refractivity contribution < 1.29 is 9.53 Å². The topological polar surface area (TPSA) is 46.8 Å². The van der Waals surface area contributed by atoms with E-state index in [-0.39, 0.29) is 6.09 Å². The van der Waals surface area contributed by atoms with Gasteiger partial charge in [0.15, 0.2) is 0 Å². The molecular weight excluding hydrogens is 266 g/mol. The van der Waals surface area contributed by atoms with Crippen LogP contribution in [0.4, 0.5) is 10.6 Å². The fourth-order valence-corrected chi connectivity index (χ4v) is 2.07. The Labute approximate surface area is 125 Å². The van der Waals surface area contributed by atoms with Crippen molar-refractivity contribution >= 4 is 17.5 Å². The summed E-state index contributed by atoms with van der Waals surface area (Å²) < 4.78 is 5.36. The third kappa shape index (κ3) is 4.06. The second-order valence-electron chi connectivity index (χ2n) is 5.92. The van der Waals surface area contributed by atoms with Gasteiger partial charge in [0.2, 0.25) is 0 Å². The van der Waals surface area contributed by atoms with Crippen LogP contribution in [-0.4, -0.2) is 34.7 Å². The molecule has 0 bridgehead atoms. The zero-order chi connectivity index (χ0) is 15.5. The van der Waals surface area contributed by atoms with Crippen molar-refractivity contribution in [2.45, 2.75) is 32.8 Å². The Morgan fingerprint density at radius 1 is 1.43 bits per heavy atom. The third-order valence-corrected chi connectivity index (χ3v) is 3.09. The Morgan fingerprint density at radius 2 is 2.19 bits per heavy atom. The summed E-state index contributed by atoms with van der Waals surface area (Å²) >= 11 is 0. The fraction of sp³-hybridized carbons (Fsp3) is 0.438. The molecule has 0 saturated heterocycles. The number of pyridine rings is 1. The first kappa shape index (κ1) is 15.0. The maximum absolute atomic E-state index is 12.0. The molecule has 0 fully saturated rings. The van der Waals surface area contributed by atoms with E-state index in [4.69, 9.17) is 11.3 Å². The van der Waals surface area contributed by atoms with Gasteiger partial charge in [-0.25, -0.2) is 4.79 Å². The number of ether oxygens (including phenoxy) is 1. The summed E-state index contributed by atoms with van der Waals surface area (Å²) in [7, 11) is 0. The summed E-state index contributed by atoms with van der Waals surface area (Å²) in [4.78, 5) is 21.0. The summed E-state index contributed by atoms with van der Waals surface area (Å²) in [6.45, 7) is 13.6. The lowest BCUT2D eigenvalue weighted by molar-refractivity contribution is 0.0270. The van der Waals surface area contributed by atoms with Gasteiger partial charge in [0.1, 0.15) is 11.8 Å². The van der Waals surface area contributed by atoms with Gasteiger partial charge in [-0.2, -0.15) is 0 Å². The monoisotopic (exact) mass is 285 g/mol. The van der Waals surface area contributed by atoms with E-state index in [1.807, 2.05) is 32.9 Å². The third-order valence-electron chi connectivity index (χ3n) is 3.09. The van der Waals surface area contributed by atoms with Crippen LogP contribution in [0, 0.1) is 6.57 Å². The highest BCUT2D eigenvalue weighted by Gasteiger charge is 2.23. The molecule has 0 unspecified atom stereocenters. The molecule has 1 aliphatic rings. The molecule has 1 aromatic rings. The van der Waals surface area contributed by atoms with E-state index < -0.39 is 5.60 Å². The van der Waals surface area contributed by atoms with Crippen molar-refractivity contribution in [3.05, 3.63) is 41.4 Å². The normalized spacial score (nSPS) is 15.1. The number of rotatable bonds is 1. The summed E-state index contributed by atoms with van der Waals surface area (Å²) in [6, 6.07) is 3.61. The van der Waals surface area contributed by atoms with Crippen LogP contribution in [0.3, 0.4) is 0 Å². The molecule has 5 nitrogen and oxygen atoms in total. The molecule has 0 aliphatic carbocycles. The van der Waals surface area contributed by atoms with Crippen LogP contribution in [0.15, 0.2) is 24.4 Å². The highest BCUT2D eigenvalue weighted by molar-refractivity contribution is 5.72. The average molecular weight is 285 g/mol. The van der Waals surface area contributed by atoms with Gasteiger partial charge in [0, 0.05) is 18.7 Å². The lowest BCUT2D eigenvalue weighted by atomic mass is 10.0. The van der Waals surface area contributed by atoms with E-state index in [9.17, 15) is 4.79 Å². The Bertz CT molecular complexity index is 591. The second-order valence-corrected chi connectivity index (χ2v) is 5.92. The van der Waals surface area contributed by atoms with Gasteiger partial charge in [-0.1, -0.05) is 18.7 Å². The van der Waals surface area contributed by atoms with Gasteiger partial charge in [-0.05, 0) is 38.8 Å². The smallest absolute Gasteiger partial charge is 0.410 e. The number of hydrogen-bond donors (Lipinski definition) is 0. The maximum Gasteiger partial charge on any atom is 0.410 e. The molecular formula is C16H19N3O2. The summed E-state index contributed by atoms with van der Waals surface area (Å²) in [5, 5.41) is 0. The van der Waals surface area contributed by atoms with Crippen LogP contribution in [0.2, 0.25) is 0 Å².